The molecule has 0 fully saturated rings. The van der Waals surface area contributed by atoms with Gasteiger partial charge in [0.05, 0.1) is 34.0 Å². The fourth-order valence-electron chi connectivity index (χ4n) is 5.75. The minimum atomic E-state index is -4.28. The lowest BCUT2D eigenvalue weighted by Crippen LogP contribution is -2.37. The summed E-state index contributed by atoms with van der Waals surface area (Å²) in [6, 6.07) is 0. The molecule has 0 radical (unpaired) electrons. The number of nitrogens with zero attached hydrogens (tertiary/aromatic N) is 1. The molecule has 0 saturated heterocycles. The maximum atomic E-state index is 12.5. The van der Waals surface area contributed by atoms with Gasteiger partial charge in [0.2, 0.25) is 0 Å². The van der Waals surface area contributed by atoms with Gasteiger partial charge >= 0.3 is 13.8 Å². The largest absolute Gasteiger partial charge is 0.492 e. The standard InChI is InChI=1S/C44H82NO8P/c1-6-8-10-11-12-13-14-15-16-17-18-19-23-26-29-33-38-50-43(41-53-54(48,49)52-39-37-45(3,4)5)40-51-44(47)36-32-28-25-22-20-21-24-27-31-35-42(46)34-30-9-7-2/h24,27,31,33,35,38,43H,6-23,25-26,28-30,32,34,36-37,39-41H2,1-5H3/p+1/b27-24-,35-31+,38-33+/t43-/m1/s1. The van der Waals surface area contributed by atoms with E-state index in [1.54, 1.807) is 12.3 Å². The number of unbranched alkanes of at least 4 members (excludes halogenated alkanes) is 21. The molecule has 0 aliphatic heterocycles. The molecule has 2 atom stereocenters. The van der Waals surface area contributed by atoms with E-state index in [9.17, 15) is 19.0 Å². The number of ether oxygens (including phenoxy) is 2. The van der Waals surface area contributed by atoms with Crippen LogP contribution in [0.4, 0.5) is 0 Å². The van der Waals surface area contributed by atoms with E-state index in [-0.39, 0.29) is 31.6 Å². The lowest BCUT2D eigenvalue weighted by atomic mass is 10.0. The van der Waals surface area contributed by atoms with Gasteiger partial charge in [-0.3, -0.25) is 18.6 Å². The molecule has 0 aromatic carbocycles. The number of phosphoric acid groups is 1. The van der Waals surface area contributed by atoms with Gasteiger partial charge in [0.15, 0.2) is 11.9 Å². The first-order valence-corrected chi connectivity index (χ1v) is 23.2. The summed E-state index contributed by atoms with van der Waals surface area (Å²) in [7, 11) is 1.62. The van der Waals surface area contributed by atoms with E-state index in [2.05, 4.69) is 19.9 Å². The van der Waals surface area contributed by atoms with Gasteiger partial charge in [-0.15, -0.1) is 0 Å². The number of ketones is 1. The number of hydrogen-bond donors (Lipinski definition) is 1. The van der Waals surface area contributed by atoms with Gasteiger partial charge in [-0.25, -0.2) is 4.57 Å². The average Bonchev–Trinajstić information content (AvgIpc) is 3.12. The molecule has 0 amide bonds. The Kier molecular flexibility index (Phi) is 35.6. The number of allylic oxidation sites excluding steroid dienone is 5. The average molecular weight is 785 g/mol. The molecule has 0 aliphatic carbocycles. The normalized spacial score (nSPS) is 14.0. The van der Waals surface area contributed by atoms with E-state index in [0.717, 1.165) is 70.6 Å². The van der Waals surface area contributed by atoms with Crippen molar-refractivity contribution in [2.45, 2.75) is 187 Å². The molecular weight excluding hydrogens is 701 g/mol. The number of likely N-dealkylation sites (N-methyl/N-ethyl adjacent to an activating group) is 1. The second-order valence-electron chi connectivity index (χ2n) is 15.8. The Morgan fingerprint density at radius 2 is 1.13 bits per heavy atom. The number of phosphoric ester groups is 1. The molecule has 10 heteroatoms. The summed E-state index contributed by atoms with van der Waals surface area (Å²) in [4.78, 5) is 34.4. The molecule has 0 aromatic heterocycles. The highest BCUT2D eigenvalue weighted by Gasteiger charge is 2.25. The number of quaternary nitrogens is 1. The van der Waals surface area contributed by atoms with Crippen molar-refractivity contribution in [1.29, 1.82) is 0 Å². The Labute approximate surface area is 331 Å². The second kappa shape index (κ2) is 36.8. The molecule has 316 valence electrons. The first-order chi connectivity index (χ1) is 26.0. The topological polar surface area (TPSA) is 108 Å². The Morgan fingerprint density at radius 3 is 1.70 bits per heavy atom. The van der Waals surface area contributed by atoms with Gasteiger partial charge in [0, 0.05) is 12.8 Å². The SMILES string of the molecule is CCCCCCCCCCCCCCCC/C=C/O[C@H](COC(=O)CCCCCCC/C=C\C=C\C(=O)CCCCC)COP(=O)(O)OCC[N+](C)(C)C. The van der Waals surface area contributed by atoms with Crippen molar-refractivity contribution >= 4 is 19.6 Å². The highest BCUT2D eigenvalue weighted by molar-refractivity contribution is 7.47. The zero-order valence-corrected chi connectivity index (χ0v) is 36.3. The zero-order chi connectivity index (χ0) is 40.0. The van der Waals surface area contributed by atoms with Crippen LogP contribution >= 0.6 is 7.82 Å². The maximum absolute atomic E-state index is 12.5. The Bertz CT molecular complexity index is 1020. The van der Waals surface area contributed by atoms with Crippen LogP contribution < -0.4 is 0 Å². The Morgan fingerprint density at radius 1 is 0.630 bits per heavy atom. The van der Waals surface area contributed by atoms with Crippen LogP contribution in [0.5, 0.6) is 0 Å². The van der Waals surface area contributed by atoms with Crippen LogP contribution in [-0.2, 0) is 32.7 Å². The highest BCUT2D eigenvalue weighted by atomic mass is 31.2. The first kappa shape index (κ1) is 52.2. The summed E-state index contributed by atoms with van der Waals surface area (Å²) in [6.45, 7) is 4.70. The van der Waals surface area contributed by atoms with E-state index >= 15 is 0 Å². The highest BCUT2D eigenvalue weighted by Crippen LogP contribution is 2.43. The van der Waals surface area contributed by atoms with Crippen LogP contribution in [0.3, 0.4) is 0 Å². The Balaban J connectivity index is 4.35. The van der Waals surface area contributed by atoms with Crippen LogP contribution in [0, 0.1) is 0 Å². The molecule has 1 unspecified atom stereocenters. The molecule has 1 N–H and O–H groups in total. The number of carbonyl (C=O) groups excluding carboxylic acids is 2. The zero-order valence-electron chi connectivity index (χ0n) is 35.5. The Hall–Kier alpha value is -1.77. The third-order valence-electron chi connectivity index (χ3n) is 9.27. The smallest absolute Gasteiger partial charge is 0.472 e. The van der Waals surface area contributed by atoms with E-state index in [0.29, 0.717) is 23.9 Å². The summed E-state index contributed by atoms with van der Waals surface area (Å²) in [6.07, 6.45) is 39.7. The summed E-state index contributed by atoms with van der Waals surface area (Å²) < 4.78 is 34.7. The van der Waals surface area contributed by atoms with E-state index < -0.39 is 13.9 Å². The van der Waals surface area contributed by atoms with Crippen molar-refractivity contribution in [3.63, 3.8) is 0 Å². The number of esters is 1. The van der Waals surface area contributed by atoms with Crippen LogP contribution in [0.15, 0.2) is 36.6 Å². The number of carbonyl (C=O) groups is 2. The lowest BCUT2D eigenvalue weighted by Gasteiger charge is -2.24. The fourth-order valence-corrected chi connectivity index (χ4v) is 6.49. The third-order valence-corrected chi connectivity index (χ3v) is 10.3. The summed E-state index contributed by atoms with van der Waals surface area (Å²) >= 11 is 0. The molecule has 0 rings (SSSR count). The van der Waals surface area contributed by atoms with Crippen LogP contribution in [-0.4, -0.2) is 74.7 Å². The van der Waals surface area contributed by atoms with Gasteiger partial charge in [-0.05, 0) is 50.7 Å². The molecule has 0 bridgehead atoms. The van der Waals surface area contributed by atoms with Crippen molar-refractivity contribution in [1.82, 2.24) is 0 Å². The number of rotatable bonds is 40. The van der Waals surface area contributed by atoms with Gasteiger partial charge in [-0.1, -0.05) is 148 Å². The van der Waals surface area contributed by atoms with E-state index in [4.69, 9.17) is 18.5 Å². The van der Waals surface area contributed by atoms with Crippen LogP contribution in [0.25, 0.3) is 0 Å². The molecule has 54 heavy (non-hydrogen) atoms. The van der Waals surface area contributed by atoms with Crippen molar-refractivity contribution in [2.24, 2.45) is 0 Å². The van der Waals surface area contributed by atoms with Gasteiger partial charge in [0.1, 0.15) is 19.8 Å². The monoisotopic (exact) mass is 785 g/mol. The third kappa shape index (κ3) is 39.9. The van der Waals surface area contributed by atoms with Gasteiger partial charge in [-0.2, -0.15) is 0 Å². The quantitative estimate of drug-likeness (QED) is 0.0124. The van der Waals surface area contributed by atoms with Gasteiger partial charge in [0.25, 0.3) is 0 Å². The molecule has 9 nitrogen and oxygen atoms in total. The summed E-state index contributed by atoms with van der Waals surface area (Å²) in [5, 5.41) is 0. The molecule has 0 aliphatic rings. The van der Waals surface area contributed by atoms with E-state index in [1.807, 2.05) is 39.4 Å². The van der Waals surface area contributed by atoms with Crippen molar-refractivity contribution in [3.8, 4) is 0 Å². The maximum Gasteiger partial charge on any atom is 0.472 e. The molecular formula is C44H83NO8P+. The predicted molar refractivity (Wildman–Crippen MR) is 224 cm³/mol. The summed E-state index contributed by atoms with van der Waals surface area (Å²) in [5.41, 5.74) is 0. The van der Waals surface area contributed by atoms with Crippen LogP contribution in [0.1, 0.15) is 181 Å². The van der Waals surface area contributed by atoms with Crippen molar-refractivity contribution in [3.05, 3.63) is 36.6 Å². The van der Waals surface area contributed by atoms with Gasteiger partial charge < -0.3 is 18.9 Å². The minimum absolute atomic E-state index is 0.0757. The predicted octanol–water partition coefficient (Wildman–Crippen LogP) is 12.1. The second-order valence-corrected chi connectivity index (χ2v) is 17.3. The number of hydrogen-bond acceptors (Lipinski definition) is 7. The first-order valence-electron chi connectivity index (χ1n) is 21.7. The summed E-state index contributed by atoms with van der Waals surface area (Å²) in [5.74, 6) is -0.127. The van der Waals surface area contributed by atoms with Crippen molar-refractivity contribution in [2.75, 3.05) is 47.5 Å². The van der Waals surface area contributed by atoms with E-state index in [1.165, 1.54) is 83.5 Å². The molecule has 0 spiro atoms. The lowest BCUT2D eigenvalue weighted by molar-refractivity contribution is -0.870. The molecule has 0 saturated carbocycles. The molecule has 0 aromatic rings. The van der Waals surface area contributed by atoms with Crippen LogP contribution in [0.2, 0.25) is 0 Å². The van der Waals surface area contributed by atoms with Crippen molar-refractivity contribution < 1.29 is 42.1 Å². The fraction of sp³-hybridized carbons (Fsp3) is 0.818. The minimum Gasteiger partial charge on any atom is -0.492 e. The molecule has 0 heterocycles.